The molecule has 22 heavy (non-hydrogen) atoms. The van der Waals surface area contributed by atoms with Crippen molar-refractivity contribution in [2.24, 2.45) is 0 Å². The van der Waals surface area contributed by atoms with Crippen LogP contribution in [0.25, 0.3) is 6.08 Å². The molecular formula is C19H20O3. The van der Waals surface area contributed by atoms with E-state index in [2.05, 4.69) is 0 Å². The van der Waals surface area contributed by atoms with Crippen LogP contribution >= 0.6 is 0 Å². The van der Waals surface area contributed by atoms with Crippen LogP contribution in [0.1, 0.15) is 30.6 Å². The van der Waals surface area contributed by atoms with Crippen LogP contribution in [0, 0.1) is 0 Å². The summed E-state index contributed by atoms with van der Waals surface area (Å²) in [6.45, 7) is 1.96. The zero-order chi connectivity index (χ0) is 15.5. The number of hydrogen-bond donors (Lipinski definition) is 1. The molecular weight excluding hydrogens is 276 g/mol. The molecule has 3 heteroatoms. The number of methoxy groups -OCH3 is 1. The van der Waals surface area contributed by atoms with E-state index in [4.69, 9.17) is 9.47 Å². The van der Waals surface area contributed by atoms with E-state index in [1.807, 2.05) is 61.5 Å². The smallest absolute Gasteiger partial charge is 0.151 e. The summed E-state index contributed by atoms with van der Waals surface area (Å²) in [5, 5.41) is 10.4. The Bertz CT molecular complexity index is 691. The first-order chi connectivity index (χ1) is 10.7. The molecule has 0 spiro atoms. The molecule has 0 saturated carbocycles. The molecule has 2 aromatic rings. The molecule has 114 valence electrons. The lowest BCUT2D eigenvalue weighted by atomic mass is 9.91. The van der Waals surface area contributed by atoms with Gasteiger partial charge in [-0.1, -0.05) is 43.3 Å². The molecule has 0 amide bonds. The Kier molecular flexibility index (Phi) is 4.16. The molecule has 0 aliphatic carbocycles. The van der Waals surface area contributed by atoms with E-state index in [1.54, 1.807) is 7.11 Å². The van der Waals surface area contributed by atoms with Gasteiger partial charge in [-0.25, -0.2) is 0 Å². The fourth-order valence-electron chi connectivity index (χ4n) is 2.79. The Morgan fingerprint density at radius 3 is 2.64 bits per heavy atom. The summed E-state index contributed by atoms with van der Waals surface area (Å²) in [7, 11) is 1.65. The molecule has 3 nitrogen and oxygen atoms in total. The van der Waals surface area contributed by atoms with Gasteiger partial charge in [0.15, 0.2) is 6.10 Å². The Hall–Kier alpha value is -2.26. The molecule has 3 rings (SSSR count). The Balaban J connectivity index is 2.10. The molecule has 2 aromatic carbocycles. The van der Waals surface area contributed by atoms with Gasteiger partial charge in [-0.15, -0.1) is 0 Å². The molecule has 0 fully saturated rings. The summed E-state index contributed by atoms with van der Waals surface area (Å²) in [4.78, 5) is 0. The second-order valence-electron chi connectivity index (χ2n) is 5.35. The van der Waals surface area contributed by atoms with Crippen molar-refractivity contribution in [1.29, 1.82) is 0 Å². The van der Waals surface area contributed by atoms with E-state index < -0.39 is 6.10 Å². The van der Waals surface area contributed by atoms with E-state index in [0.29, 0.717) is 6.42 Å². The lowest BCUT2D eigenvalue weighted by molar-refractivity contribution is 0.151. The first kappa shape index (κ1) is 14.7. The van der Waals surface area contributed by atoms with Crippen LogP contribution in [0.4, 0.5) is 0 Å². The van der Waals surface area contributed by atoms with Crippen LogP contribution in [0.3, 0.4) is 0 Å². The van der Waals surface area contributed by atoms with Crippen molar-refractivity contribution in [3.63, 3.8) is 0 Å². The SMILES string of the molecule is CC[C@@H](O)C1=Cc2ccccc2O[C@@H]1c1ccccc1OC. The molecule has 0 unspecified atom stereocenters. The number of ether oxygens (including phenoxy) is 2. The third-order valence-corrected chi connectivity index (χ3v) is 3.98. The van der Waals surface area contributed by atoms with Gasteiger partial charge in [0, 0.05) is 16.7 Å². The van der Waals surface area contributed by atoms with E-state index >= 15 is 0 Å². The highest BCUT2D eigenvalue weighted by atomic mass is 16.5. The van der Waals surface area contributed by atoms with Gasteiger partial charge in [-0.2, -0.15) is 0 Å². The molecule has 1 heterocycles. The number of fused-ring (bicyclic) bond motifs is 1. The van der Waals surface area contributed by atoms with Crippen molar-refractivity contribution in [2.45, 2.75) is 25.6 Å². The van der Waals surface area contributed by atoms with Crippen LogP contribution in [0.2, 0.25) is 0 Å². The van der Waals surface area contributed by atoms with Crippen molar-refractivity contribution < 1.29 is 14.6 Å². The summed E-state index contributed by atoms with van der Waals surface area (Å²) < 4.78 is 11.6. The summed E-state index contributed by atoms with van der Waals surface area (Å²) in [5.74, 6) is 1.59. The lowest BCUT2D eigenvalue weighted by Gasteiger charge is -2.30. The Labute approximate surface area is 130 Å². The zero-order valence-corrected chi connectivity index (χ0v) is 12.8. The average molecular weight is 296 g/mol. The van der Waals surface area contributed by atoms with Crippen molar-refractivity contribution >= 4 is 6.08 Å². The van der Waals surface area contributed by atoms with Crippen molar-refractivity contribution in [2.75, 3.05) is 7.11 Å². The van der Waals surface area contributed by atoms with Crippen molar-refractivity contribution in [1.82, 2.24) is 0 Å². The topological polar surface area (TPSA) is 38.7 Å². The number of hydrogen-bond acceptors (Lipinski definition) is 3. The number of rotatable bonds is 4. The van der Waals surface area contributed by atoms with E-state index in [1.165, 1.54) is 0 Å². The first-order valence-electron chi connectivity index (χ1n) is 7.52. The normalized spacial score (nSPS) is 18.0. The standard InChI is InChI=1S/C19H20O3/c1-3-16(20)15-12-13-8-4-6-10-17(13)22-19(15)14-9-5-7-11-18(14)21-2/h4-12,16,19-20H,3H2,1-2H3/t16-,19-/m1/s1. The van der Waals surface area contributed by atoms with E-state index in [-0.39, 0.29) is 6.10 Å². The molecule has 0 bridgehead atoms. The largest absolute Gasteiger partial charge is 0.496 e. The minimum atomic E-state index is -0.539. The van der Waals surface area contributed by atoms with Gasteiger partial charge in [-0.3, -0.25) is 0 Å². The van der Waals surface area contributed by atoms with Gasteiger partial charge < -0.3 is 14.6 Å². The predicted octanol–water partition coefficient (Wildman–Crippen LogP) is 3.98. The zero-order valence-electron chi connectivity index (χ0n) is 12.8. The number of aliphatic hydroxyl groups is 1. The number of aliphatic hydroxyl groups excluding tert-OH is 1. The number of para-hydroxylation sites is 2. The second-order valence-corrected chi connectivity index (χ2v) is 5.35. The lowest BCUT2D eigenvalue weighted by Crippen LogP contribution is -2.23. The van der Waals surface area contributed by atoms with Gasteiger partial charge in [0.25, 0.3) is 0 Å². The minimum Gasteiger partial charge on any atom is -0.496 e. The Morgan fingerprint density at radius 2 is 1.86 bits per heavy atom. The number of benzene rings is 2. The van der Waals surface area contributed by atoms with E-state index in [0.717, 1.165) is 28.2 Å². The first-order valence-corrected chi connectivity index (χ1v) is 7.52. The fourth-order valence-corrected chi connectivity index (χ4v) is 2.79. The second kappa shape index (κ2) is 6.24. The van der Waals surface area contributed by atoms with Gasteiger partial charge >= 0.3 is 0 Å². The molecule has 0 aromatic heterocycles. The maximum Gasteiger partial charge on any atom is 0.151 e. The van der Waals surface area contributed by atoms with Crippen LogP contribution in [-0.2, 0) is 0 Å². The van der Waals surface area contributed by atoms with Crippen LogP contribution in [0.15, 0.2) is 54.1 Å². The predicted molar refractivity (Wildman–Crippen MR) is 87.1 cm³/mol. The summed E-state index contributed by atoms with van der Waals surface area (Å²) in [6, 6.07) is 15.6. The third-order valence-electron chi connectivity index (χ3n) is 3.98. The molecule has 0 radical (unpaired) electrons. The monoisotopic (exact) mass is 296 g/mol. The minimum absolute atomic E-state index is 0.332. The highest BCUT2D eigenvalue weighted by Gasteiger charge is 2.30. The summed E-state index contributed by atoms with van der Waals surface area (Å²) in [6.07, 6.45) is 1.80. The van der Waals surface area contributed by atoms with Crippen molar-refractivity contribution in [3.8, 4) is 11.5 Å². The summed E-state index contributed by atoms with van der Waals surface area (Å²) in [5.41, 5.74) is 2.79. The highest BCUT2D eigenvalue weighted by molar-refractivity contribution is 5.65. The van der Waals surface area contributed by atoms with Crippen LogP contribution in [0.5, 0.6) is 11.5 Å². The molecule has 1 aliphatic heterocycles. The maximum atomic E-state index is 10.4. The van der Waals surface area contributed by atoms with Crippen LogP contribution < -0.4 is 9.47 Å². The van der Waals surface area contributed by atoms with Crippen LogP contribution in [-0.4, -0.2) is 18.3 Å². The summed E-state index contributed by atoms with van der Waals surface area (Å²) >= 11 is 0. The molecule has 2 atom stereocenters. The maximum absolute atomic E-state index is 10.4. The fraction of sp³-hybridized carbons (Fsp3) is 0.263. The Morgan fingerprint density at radius 1 is 1.14 bits per heavy atom. The average Bonchev–Trinajstić information content (AvgIpc) is 2.59. The quantitative estimate of drug-likeness (QED) is 0.927. The van der Waals surface area contributed by atoms with E-state index in [9.17, 15) is 5.11 Å². The van der Waals surface area contributed by atoms with Gasteiger partial charge in [-0.05, 0) is 24.6 Å². The van der Waals surface area contributed by atoms with Gasteiger partial charge in [0.2, 0.25) is 0 Å². The molecule has 1 aliphatic rings. The van der Waals surface area contributed by atoms with Gasteiger partial charge in [0.05, 0.1) is 13.2 Å². The third kappa shape index (κ3) is 2.60. The molecule has 1 N–H and O–H groups in total. The van der Waals surface area contributed by atoms with Crippen molar-refractivity contribution in [3.05, 3.63) is 65.2 Å². The molecule has 0 saturated heterocycles. The van der Waals surface area contributed by atoms with Gasteiger partial charge in [0.1, 0.15) is 11.5 Å². The highest BCUT2D eigenvalue weighted by Crippen LogP contribution is 2.41.